The van der Waals surface area contributed by atoms with Crippen LogP contribution in [0.1, 0.15) is 235 Å². The number of hydrogen-bond acceptors (Lipinski definition) is 7. The lowest BCUT2D eigenvalue weighted by Crippen LogP contribution is -2.38. The third-order valence-electron chi connectivity index (χ3n) is 13.7. The van der Waals surface area contributed by atoms with E-state index in [1.54, 1.807) is 30.9 Å². The number of alkyl halides is 1. The van der Waals surface area contributed by atoms with E-state index in [9.17, 15) is 0 Å². The number of nitrogens with zero attached hydrogens (tertiary/aromatic N) is 1. The monoisotopic (exact) mass is 1040 g/mol. The fraction of sp³-hybridized carbons (Fsp3) is 0.714. The van der Waals surface area contributed by atoms with Gasteiger partial charge in [-0.1, -0.05) is 190 Å². The summed E-state index contributed by atoms with van der Waals surface area (Å²) in [6, 6.07) is 23.4. The highest BCUT2D eigenvalue weighted by atomic mass is 35.5. The van der Waals surface area contributed by atoms with Gasteiger partial charge in [0.25, 0.3) is 0 Å². The zero-order valence-corrected chi connectivity index (χ0v) is 50.6. The van der Waals surface area contributed by atoms with Crippen LogP contribution in [0.25, 0.3) is 0 Å². The number of rotatable bonds is 15. The van der Waals surface area contributed by atoms with Crippen LogP contribution in [-0.2, 0) is 14.2 Å². The molecule has 3 fully saturated rings. The first kappa shape index (κ1) is 69.6. The third kappa shape index (κ3) is 32.1. The second kappa shape index (κ2) is 40.9. The lowest BCUT2D eigenvalue weighted by Gasteiger charge is -2.35. The van der Waals surface area contributed by atoms with Crippen molar-refractivity contribution in [1.82, 2.24) is 4.90 Å². The Morgan fingerprint density at radius 1 is 0.528 bits per heavy atom. The van der Waals surface area contributed by atoms with E-state index < -0.39 is 0 Å². The molecule has 3 aliphatic rings. The van der Waals surface area contributed by atoms with Gasteiger partial charge in [-0.15, -0.1) is 0 Å². The summed E-state index contributed by atoms with van der Waals surface area (Å²) in [6.45, 7) is 39.9. The van der Waals surface area contributed by atoms with Crippen LogP contribution in [-0.4, -0.2) is 78.7 Å². The highest BCUT2D eigenvalue weighted by molar-refractivity contribution is 7.15. The van der Waals surface area contributed by atoms with E-state index >= 15 is 0 Å². The van der Waals surface area contributed by atoms with Gasteiger partial charge in [0, 0.05) is 24.0 Å². The number of halogens is 1. The Labute approximate surface area is 451 Å². The average molecular weight is 1040 g/mol. The second-order valence-electron chi connectivity index (χ2n) is 21.9. The van der Waals surface area contributed by atoms with Gasteiger partial charge in [0.05, 0.1) is 12.2 Å². The van der Waals surface area contributed by atoms with Gasteiger partial charge in [-0.2, -0.15) is 0 Å². The lowest BCUT2D eigenvalue weighted by molar-refractivity contribution is -0.177. The molecular formula is C63H109ClNO6P-2. The molecule has 72 heavy (non-hydrogen) atoms. The molecule has 2 aliphatic carbocycles. The minimum atomic E-state index is -0.194. The average Bonchev–Trinajstić information content (AvgIpc) is 3.99. The molecule has 3 aromatic carbocycles. The van der Waals surface area contributed by atoms with Crippen molar-refractivity contribution < 1.29 is 29.2 Å². The molecule has 5 unspecified atom stereocenters. The highest BCUT2D eigenvalue weighted by Gasteiger charge is 2.31. The zero-order chi connectivity index (χ0) is 54.5. The summed E-state index contributed by atoms with van der Waals surface area (Å²) in [7, 11) is 3.53. The van der Waals surface area contributed by atoms with Crippen LogP contribution < -0.4 is 4.74 Å². The molecule has 1 saturated heterocycles. The maximum Gasteiger partial charge on any atom is 0.204 e. The van der Waals surface area contributed by atoms with E-state index in [0.717, 1.165) is 38.2 Å². The lowest BCUT2D eigenvalue weighted by atomic mass is 9.94. The quantitative estimate of drug-likeness (QED) is 0.0892. The molecule has 0 radical (unpaired) electrons. The summed E-state index contributed by atoms with van der Waals surface area (Å²) in [5.41, 5.74) is 3.85. The van der Waals surface area contributed by atoms with Gasteiger partial charge in [0.15, 0.2) is 0 Å². The second-order valence-corrected chi connectivity index (χ2v) is 22.3. The molecule has 9 heteroatoms. The SMILES string of the molecule is C1CCOC1.CC(C)(C)C(Cl)OC1CCCCC1.CCC(C)c1ccc(O)cc1.CCC(C)c1ccc(O)cc1.CCC(C)c1ccc(OC(OC2CCCCC2)C(C)(C)C)cc1.CCN(CC)CC.C[P-2]. The summed E-state index contributed by atoms with van der Waals surface area (Å²) < 4.78 is 23.3. The molecule has 1 heterocycles. The molecule has 2 saturated carbocycles. The van der Waals surface area contributed by atoms with Gasteiger partial charge in [0.1, 0.15) is 22.8 Å². The van der Waals surface area contributed by atoms with Crippen molar-refractivity contribution in [3.63, 3.8) is 0 Å². The molecule has 0 bridgehead atoms. The molecule has 0 spiro atoms. The van der Waals surface area contributed by atoms with E-state index in [-0.39, 0.29) is 22.7 Å². The van der Waals surface area contributed by atoms with E-state index in [2.05, 4.69) is 142 Å². The summed E-state index contributed by atoms with van der Waals surface area (Å²) in [6.07, 6.45) is 19.2. The number of aromatic hydroxyl groups is 2. The predicted octanol–water partition coefficient (Wildman–Crippen LogP) is 19.2. The standard InChI is InChI=1S/C21H34O2.C11H21ClO.2C10H14O.C6H15N.C4H8O.CH3P/c1-6-16(2)17-12-14-19(15-13-17)23-20(21(3,4)5)22-18-10-8-7-9-11-18;1-11(2,3)10(12)13-9-7-5-4-6-8-9;2*1-3-8(2)9-4-6-10(11)7-5-9;1-4-7(5-2)6-3;1-2-4-5-3-1;1-2/h12-16,18,20H,6-11H2,1-5H3;9-10H,4-8H2,1-3H3;2*4-8,11H,3H2,1-2H3;4-6H2,1-3H3;1-4H2;1H3/q;;;;;;-2. The molecule has 6 rings (SSSR count). The molecule has 1 aliphatic heterocycles. The van der Waals surface area contributed by atoms with Gasteiger partial charge in [-0.05, 0) is 148 Å². The van der Waals surface area contributed by atoms with E-state index in [1.807, 2.05) is 24.3 Å². The van der Waals surface area contributed by atoms with Crippen LogP contribution in [0.3, 0.4) is 0 Å². The van der Waals surface area contributed by atoms with Crippen LogP contribution in [0.5, 0.6) is 17.2 Å². The van der Waals surface area contributed by atoms with E-state index in [4.69, 9.17) is 40.8 Å². The number of hydrogen-bond donors (Lipinski definition) is 2. The van der Waals surface area contributed by atoms with Gasteiger partial charge >= 0.3 is 0 Å². The van der Waals surface area contributed by atoms with Crippen molar-refractivity contribution in [3.8, 4) is 17.2 Å². The van der Waals surface area contributed by atoms with Crippen molar-refractivity contribution in [2.24, 2.45) is 10.8 Å². The Morgan fingerprint density at radius 3 is 1.12 bits per heavy atom. The van der Waals surface area contributed by atoms with Crippen LogP contribution in [0.15, 0.2) is 72.8 Å². The topological polar surface area (TPSA) is 80.6 Å². The molecule has 2 N–H and O–H groups in total. The van der Waals surface area contributed by atoms with Crippen LogP contribution in [0.4, 0.5) is 0 Å². The highest BCUT2D eigenvalue weighted by Crippen LogP contribution is 2.33. The maximum absolute atomic E-state index is 9.01. The first-order valence-corrected chi connectivity index (χ1v) is 29.6. The first-order chi connectivity index (χ1) is 34.2. The zero-order valence-electron chi connectivity index (χ0n) is 48.9. The Hall–Kier alpha value is -2.38. The number of ether oxygens (including phenoxy) is 4. The minimum Gasteiger partial charge on any atom is -1.49 e. The van der Waals surface area contributed by atoms with Gasteiger partial charge in [-0.3, -0.25) is 0 Å². The molecule has 7 nitrogen and oxygen atoms in total. The van der Waals surface area contributed by atoms with Crippen molar-refractivity contribution in [2.45, 2.75) is 242 Å². The summed E-state index contributed by atoms with van der Waals surface area (Å²) >= 11 is 6.17. The number of phenolic OH excluding ortho intramolecular Hbond substituents is 2. The Balaban J connectivity index is 0.000000889. The van der Waals surface area contributed by atoms with Gasteiger partial charge in [0.2, 0.25) is 6.29 Å². The number of benzene rings is 3. The van der Waals surface area contributed by atoms with Crippen LogP contribution in [0, 0.1) is 10.8 Å². The smallest absolute Gasteiger partial charge is 0.204 e. The van der Waals surface area contributed by atoms with Gasteiger partial charge in [-0.25, -0.2) is 0 Å². The maximum atomic E-state index is 9.01. The normalized spacial score (nSPS) is 17.0. The molecular weight excluding hydrogens is 933 g/mol. The predicted molar refractivity (Wildman–Crippen MR) is 314 cm³/mol. The Kier molecular flexibility index (Phi) is 39.5. The van der Waals surface area contributed by atoms with Crippen molar-refractivity contribution >= 4 is 20.8 Å². The van der Waals surface area contributed by atoms with Crippen LogP contribution in [0.2, 0.25) is 0 Å². The first-order valence-electron chi connectivity index (χ1n) is 28.3. The van der Waals surface area contributed by atoms with Gasteiger partial charge < -0.3 is 50.0 Å². The Morgan fingerprint density at radius 2 is 0.861 bits per heavy atom. The number of phenols is 2. The minimum absolute atomic E-state index is 0.0349. The summed E-state index contributed by atoms with van der Waals surface area (Å²) in [5, 5.41) is 18.0. The van der Waals surface area contributed by atoms with Crippen LogP contribution >= 0.6 is 20.8 Å². The van der Waals surface area contributed by atoms with Crippen molar-refractivity contribution in [1.29, 1.82) is 0 Å². The van der Waals surface area contributed by atoms with Crippen molar-refractivity contribution in [3.05, 3.63) is 89.5 Å². The molecule has 3 aromatic rings. The van der Waals surface area contributed by atoms with E-state index in [0.29, 0.717) is 41.5 Å². The Bertz CT molecular complexity index is 1590. The summed E-state index contributed by atoms with van der Waals surface area (Å²) in [4.78, 5) is 2.38. The fourth-order valence-electron chi connectivity index (χ4n) is 7.85. The van der Waals surface area contributed by atoms with Crippen molar-refractivity contribution in [2.75, 3.05) is 39.5 Å². The fourth-order valence-corrected chi connectivity index (χ4v) is 8.00. The van der Waals surface area contributed by atoms with E-state index in [1.165, 1.54) is 113 Å². The molecule has 5 atom stereocenters. The largest absolute Gasteiger partial charge is 1.49 e. The summed E-state index contributed by atoms with van der Waals surface area (Å²) in [5.74, 6) is 3.38. The molecule has 0 aromatic heterocycles. The molecule has 0 amide bonds. The molecule has 416 valence electrons. The third-order valence-corrected chi connectivity index (χ3v) is 14.5.